The van der Waals surface area contributed by atoms with Gasteiger partial charge in [-0.05, 0) is 0 Å². The van der Waals surface area contributed by atoms with Crippen molar-refractivity contribution in [2.75, 3.05) is 0 Å². The van der Waals surface area contributed by atoms with E-state index in [1.165, 1.54) is 0 Å². The van der Waals surface area contributed by atoms with Gasteiger partial charge in [-0.3, -0.25) is 22.9 Å². The zero-order chi connectivity index (χ0) is 7.07. The molecule has 0 fully saturated rings. The molecule has 0 aliphatic heterocycles. The minimum absolute atomic E-state index is 0. The zero-order valence-corrected chi connectivity index (χ0v) is 6.56. The molecule has 0 aromatic heterocycles. The van der Waals surface area contributed by atoms with E-state index in [1.54, 1.807) is 0 Å². The summed E-state index contributed by atoms with van der Waals surface area (Å²) in [6.45, 7) is 0. The van der Waals surface area contributed by atoms with Gasteiger partial charge >= 0.3 is 17.1 Å². The van der Waals surface area contributed by atoms with Gasteiger partial charge in [0.05, 0.1) is 0 Å². The maximum atomic E-state index is 2.50. The van der Waals surface area contributed by atoms with Gasteiger partial charge in [0.15, 0.2) is 0 Å². The Hall–Kier alpha value is -1.32. The van der Waals surface area contributed by atoms with Gasteiger partial charge in [-0.1, -0.05) is 0 Å². The molecule has 2 rings (SSSR count). The first-order chi connectivity index (χ1) is 5.00. The van der Waals surface area contributed by atoms with Crippen LogP contribution in [0.1, 0.15) is 0 Å². The monoisotopic (exact) mass is 175 g/mol. The van der Waals surface area contributed by atoms with Crippen molar-refractivity contribution in [3.63, 3.8) is 0 Å². The molecule has 0 atom stereocenters. The molecule has 1 heteroatoms. The van der Waals surface area contributed by atoms with Crippen LogP contribution >= 0.6 is 0 Å². The molecule has 0 saturated carbocycles. The van der Waals surface area contributed by atoms with Gasteiger partial charge in [0, 0.05) is 0 Å². The molecule has 47 valence electrons. The van der Waals surface area contributed by atoms with Crippen LogP contribution in [-0.2, 0) is 17.1 Å². The van der Waals surface area contributed by atoms with Crippen molar-refractivity contribution in [2.24, 2.45) is 0 Å². The van der Waals surface area contributed by atoms with Crippen LogP contribution in [0.5, 0.6) is 0 Å². The molecule has 2 aliphatic rings. The number of hydrogen-bond acceptors (Lipinski definition) is 0. The van der Waals surface area contributed by atoms with Crippen molar-refractivity contribution in [1.29, 1.82) is 0 Å². The normalized spacial score (nSPS) is 10.2. The topological polar surface area (TPSA) is 0 Å². The fourth-order valence-electron chi connectivity index (χ4n) is 0.312. The molecular weight excluding hydrogens is 175 g/mol. The van der Waals surface area contributed by atoms with Crippen LogP contribution in [0.3, 0.4) is 0 Å². The molecule has 0 nitrogen and oxygen atoms in total. The van der Waals surface area contributed by atoms with Crippen LogP contribution < -0.4 is 0 Å². The average Bonchev–Trinajstić information content (AvgIpc) is 2.67. The van der Waals surface area contributed by atoms with E-state index in [-0.39, 0.29) is 17.1 Å². The Morgan fingerprint density at radius 2 is 1.09 bits per heavy atom. The molecule has 11 heavy (non-hydrogen) atoms. The third-order valence-electron chi connectivity index (χ3n) is 0.625. The Labute approximate surface area is 76.1 Å². The summed E-state index contributed by atoms with van der Waals surface area (Å²) >= 11 is 0. The van der Waals surface area contributed by atoms with E-state index in [9.17, 15) is 0 Å². The van der Waals surface area contributed by atoms with E-state index in [2.05, 4.69) is 58.7 Å². The molecule has 0 N–H and O–H groups in total. The van der Waals surface area contributed by atoms with E-state index in [1.807, 2.05) is 0 Å². The predicted octanol–water partition coefficient (Wildman–Crippen LogP) is 1.25. The van der Waals surface area contributed by atoms with Crippen molar-refractivity contribution >= 4 is 0 Å². The summed E-state index contributed by atoms with van der Waals surface area (Å²) in [6.07, 6.45) is 10.0. The van der Waals surface area contributed by atoms with Gasteiger partial charge in [-0.25, -0.2) is 11.5 Å². The van der Waals surface area contributed by atoms with E-state index in [0.29, 0.717) is 0 Å². The maximum absolute atomic E-state index is 2.50. The molecule has 3 radical (unpaired) electrons. The first kappa shape index (κ1) is 9.68. The van der Waals surface area contributed by atoms with Crippen LogP contribution in [0.25, 0.3) is 0 Å². The van der Waals surface area contributed by atoms with Gasteiger partial charge in [-0.15, -0.1) is 24.3 Å². The number of allylic oxidation sites excluding steroid dienone is 4. The first-order valence-corrected chi connectivity index (χ1v) is 2.50. The van der Waals surface area contributed by atoms with E-state index < -0.39 is 0 Å². The second kappa shape index (κ2) is 6.79. The third-order valence-corrected chi connectivity index (χ3v) is 0.625. The molecular formula is C10Mn. The molecule has 0 saturated heterocycles. The van der Waals surface area contributed by atoms with Gasteiger partial charge in [-0.2, -0.15) is 0 Å². The number of rotatable bonds is 0. The first-order valence-electron chi connectivity index (χ1n) is 2.50. The van der Waals surface area contributed by atoms with Crippen molar-refractivity contribution in [1.82, 2.24) is 0 Å². The Morgan fingerprint density at radius 3 is 1.18 bits per heavy atom. The van der Waals surface area contributed by atoms with Gasteiger partial charge in [0.25, 0.3) is 0 Å². The zero-order valence-electron chi connectivity index (χ0n) is 5.38. The van der Waals surface area contributed by atoms with Crippen molar-refractivity contribution in [3.8, 4) is 0 Å². The van der Waals surface area contributed by atoms with Crippen molar-refractivity contribution < 1.29 is 17.1 Å². The van der Waals surface area contributed by atoms with Gasteiger partial charge < -0.3 is 0 Å². The summed E-state index contributed by atoms with van der Waals surface area (Å²) in [6, 6.07) is 0. The molecule has 0 amide bonds. The second-order valence-corrected chi connectivity index (χ2v) is 1.25. The standard InChI is InChI=1S/2C5.Mn/c2*1-2-4-5-3-1;/q2*-1;+2. The SMILES string of the molecule is [C]1=C=C=C=[C-]1.[C]1=C=C=C=[C-]1.[Mn+2]. The largest absolute Gasteiger partial charge is 2.00 e. The fourth-order valence-corrected chi connectivity index (χ4v) is 0.312. The summed E-state index contributed by atoms with van der Waals surface area (Å²) in [5.74, 6) is 0. The molecule has 0 bridgehead atoms. The fraction of sp³-hybridized carbons (Fsp3) is 0. The molecule has 0 aromatic carbocycles. The van der Waals surface area contributed by atoms with Crippen molar-refractivity contribution in [3.05, 3.63) is 58.7 Å². The maximum Gasteiger partial charge on any atom is 2.00 e. The second-order valence-electron chi connectivity index (χ2n) is 1.25. The minimum Gasteiger partial charge on any atom is -0.288 e. The van der Waals surface area contributed by atoms with E-state index in [0.717, 1.165) is 0 Å². The van der Waals surface area contributed by atoms with Crippen LogP contribution in [0.2, 0.25) is 0 Å². The Bertz CT molecular complexity index is 303. The third kappa shape index (κ3) is 5.14. The summed E-state index contributed by atoms with van der Waals surface area (Å²) in [5.41, 5.74) is 15.0. The molecule has 0 heterocycles. The number of hydrogen-bond donors (Lipinski definition) is 0. The van der Waals surface area contributed by atoms with E-state index in [4.69, 9.17) is 0 Å². The van der Waals surface area contributed by atoms with Crippen LogP contribution in [0.4, 0.5) is 0 Å². The molecule has 0 aromatic rings. The van der Waals surface area contributed by atoms with Crippen LogP contribution in [0.15, 0.2) is 34.4 Å². The van der Waals surface area contributed by atoms with Crippen LogP contribution in [0, 0.1) is 24.3 Å². The minimum atomic E-state index is 0. The quantitative estimate of drug-likeness (QED) is 0.295. The van der Waals surface area contributed by atoms with Gasteiger partial charge in [0.2, 0.25) is 0 Å². The molecule has 0 unspecified atom stereocenters. The Kier molecular flexibility index (Phi) is 5.98. The molecule has 0 spiro atoms. The summed E-state index contributed by atoms with van der Waals surface area (Å²) in [7, 11) is 0. The molecule has 2 aliphatic carbocycles. The Balaban J connectivity index is 0.000000167. The summed E-state index contributed by atoms with van der Waals surface area (Å²) in [5, 5.41) is 0. The summed E-state index contributed by atoms with van der Waals surface area (Å²) < 4.78 is 0. The van der Waals surface area contributed by atoms with Crippen LogP contribution in [-0.4, -0.2) is 0 Å². The predicted molar refractivity (Wildman–Crippen MR) is 34.0 cm³/mol. The van der Waals surface area contributed by atoms with E-state index >= 15 is 0 Å². The average molecular weight is 175 g/mol. The smallest absolute Gasteiger partial charge is 0.288 e. The summed E-state index contributed by atoms with van der Waals surface area (Å²) in [4.78, 5) is 0. The Morgan fingerprint density at radius 1 is 0.636 bits per heavy atom. The van der Waals surface area contributed by atoms with Crippen molar-refractivity contribution in [2.45, 2.75) is 0 Å². The van der Waals surface area contributed by atoms with Gasteiger partial charge in [0.1, 0.15) is 0 Å².